The van der Waals surface area contributed by atoms with E-state index in [1.165, 1.54) is 16.7 Å². The average molecular weight is 215 g/mol. The molecule has 2 rings (SSSR count). The van der Waals surface area contributed by atoms with Crippen LogP contribution in [0.25, 0.3) is 5.69 Å². The van der Waals surface area contributed by atoms with Crippen molar-refractivity contribution in [3.8, 4) is 5.69 Å². The number of aromatic nitrogens is 2. The summed E-state index contributed by atoms with van der Waals surface area (Å²) in [7, 11) is 1.96. The second-order valence-electron chi connectivity index (χ2n) is 4.12. The Kier molecular flexibility index (Phi) is 3.06. The summed E-state index contributed by atoms with van der Waals surface area (Å²) >= 11 is 0. The van der Waals surface area contributed by atoms with Gasteiger partial charge >= 0.3 is 0 Å². The molecule has 3 heteroatoms. The highest BCUT2D eigenvalue weighted by atomic mass is 15.3. The van der Waals surface area contributed by atoms with Crippen LogP contribution in [-0.2, 0) is 6.54 Å². The number of rotatable bonds is 3. The number of hydrogen-bond acceptors (Lipinski definition) is 2. The van der Waals surface area contributed by atoms with Gasteiger partial charge in [0.15, 0.2) is 0 Å². The molecule has 1 aromatic heterocycles. The van der Waals surface area contributed by atoms with E-state index in [2.05, 4.69) is 42.5 Å². The van der Waals surface area contributed by atoms with Gasteiger partial charge in [0.25, 0.3) is 0 Å². The number of aryl methyl sites for hydroxylation is 2. The van der Waals surface area contributed by atoms with Crippen LogP contribution in [0.5, 0.6) is 0 Å². The number of nitrogens with one attached hydrogen (secondary N) is 1. The molecule has 16 heavy (non-hydrogen) atoms. The van der Waals surface area contributed by atoms with Crippen molar-refractivity contribution >= 4 is 0 Å². The van der Waals surface area contributed by atoms with Crippen LogP contribution >= 0.6 is 0 Å². The highest BCUT2D eigenvalue weighted by Gasteiger charge is 2.05. The zero-order valence-corrected chi connectivity index (χ0v) is 9.99. The van der Waals surface area contributed by atoms with Crippen LogP contribution in [0, 0.1) is 13.8 Å². The smallest absolute Gasteiger partial charge is 0.0690 e. The molecule has 0 amide bonds. The summed E-state index contributed by atoms with van der Waals surface area (Å²) in [5.74, 6) is 0. The molecule has 1 N–H and O–H groups in total. The summed E-state index contributed by atoms with van der Waals surface area (Å²) in [5, 5.41) is 7.53. The van der Waals surface area contributed by atoms with Gasteiger partial charge in [-0.3, -0.25) is 0 Å². The minimum atomic E-state index is 0.857. The number of hydrogen-bond donors (Lipinski definition) is 1. The third-order valence-corrected chi connectivity index (χ3v) is 2.56. The van der Waals surface area contributed by atoms with Crippen molar-refractivity contribution < 1.29 is 0 Å². The van der Waals surface area contributed by atoms with E-state index in [0.29, 0.717) is 0 Å². The van der Waals surface area contributed by atoms with Gasteiger partial charge in [-0.1, -0.05) is 17.7 Å². The van der Waals surface area contributed by atoms with Crippen molar-refractivity contribution in [3.05, 3.63) is 47.3 Å². The van der Waals surface area contributed by atoms with Gasteiger partial charge in [0.2, 0.25) is 0 Å². The molecule has 84 valence electrons. The van der Waals surface area contributed by atoms with Crippen LogP contribution in [0.1, 0.15) is 16.7 Å². The Labute approximate surface area is 96.1 Å². The summed E-state index contributed by atoms with van der Waals surface area (Å²) in [6.45, 7) is 5.02. The molecule has 0 spiro atoms. The summed E-state index contributed by atoms with van der Waals surface area (Å²) < 4.78 is 1.93. The van der Waals surface area contributed by atoms with Crippen molar-refractivity contribution in [2.75, 3.05) is 7.05 Å². The molecule has 0 radical (unpaired) electrons. The summed E-state index contributed by atoms with van der Waals surface area (Å²) in [4.78, 5) is 0. The molecular weight excluding hydrogens is 198 g/mol. The van der Waals surface area contributed by atoms with Gasteiger partial charge in [0, 0.05) is 12.7 Å². The van der Waals surface area contributed by atoms with Gasteiger partial charge in [-0.05, 0) is 38.1 Å². The van der Waals surface area contributed by atoms with Crippen molar-refractivity contribution in [3.63, 3.8) is 0 Å². The Morgan fingerprint density at radius 3 is 2.69 bits per heavy atom. The summed E-state index contributed by atoms with van der Waals surface area (Å²) in [6.07, 6.45) is 3.92. The predicted octanol–water partition coefficient (Wildman–Crippen LogP) is 2.21. The fourth-order valence-electron chi connectivity index (χ4n) is 1.81. The van der Waals surface area contributed by atoms with Crippen molar-refractivity contribution in [2.24, 2.45) is 0 Å². The van der Waals surface area contributed by atoms with Crippen LogP contribution in [0.4, 0.5) is 0 Å². The Bertz CT molecular complexity index is 486. The van der Waals surface area contributed by atoms with Gasteiger partial charge in [0.05, 0.1) is 11.9 Å². The summed E-state index contributed by atoms with van der Waals surface area (Å²) in [6, 6.07) is 6.43. The second kappa shape index (κ2) is 4.49. The Morgan fingerprint density at radius 2 is 2.06 bits per heavy atom. The van der Waals surface area contributed by atoms with Crippen LogP contribution in [-0.4, -0.2) is 16.8 Å². The molecule has 0 saturated heterocycles. The third kappa shape index (κ3) is 2.14. The average Bonchev–Trinajstić information content (AvgIpc) is 2.65. The standard InChI is InChI=1S/C13H17N3/c1-10-4-5-13(12(6-10)8-14-3)16-9-11(2)7-15-16/h4-7,9,14H,8H2,1-3H3. The fraction of sp³-hybridized carbons (Fsp3) is 0.308. The topological polar surface area (TPSA) is 29.9 Å². The predicted molar refractivity (Wildman–Crippen MR) is 65.8 cm³/mol. The van der Waals surface area contributed by atoms with Crippen molar-refractivity contribution in [1.82, 2.24) is 15.1 Å². The molecular formula is C13H17N3. The third-order valence-electron chi connectivity index (χ3n) is 2.56. The minimum absolute atomic E-state index is 0.857. The van der Waals surface area contributed by atoms with Crippen LogP contribution in [0.3, 0.4) is 0 Å². The van der Waals surface area contributed by atoms with E-state index in [-0.39, 0.29) is 0 Å². The van der Waals surface area contributed by atoms with Gasteiger partial charge < -0.3 is 5.32 Å². The number of nitrogens with zero attached hydrogens (tertiary/aromatic N) is 2. The van der Waals surface area contributed by atoms with E-state index in [1.54, 1.807) is 0 Å². The highest BCUT2D eigenvalue weighted by molar-refractivity contribution is 5.43. The molecule has 0 atom stereocenters. The molecule has 3 nitrogen and oxygen atoms in total. The second-order valence-corrected chi connectivity index (χ2v) is 4.12. The first-order valence-electron chi connectivity index (χ1n) is 5.46. The molecule has 2 aromatic rings. The lowest BCUT2D eigenvalue weighted by atomic mass is 10.1. The largest absolute Gasteiger partial charge is 0.316 e. The molecule has 1 aromatic carbocycles. The monoisotopic (exact) mass is 215 g/mol. The molecule has 0 fully saturated rings. The maximum atomic E-state index is 4.35. The Hall–Kier alpha value is -1.61. The zero-order chi connectivity index (χ0) is 11.5. The normalized spacial score (nSPS) is 10.7. The van der Waals surface area contributed by atoms with Crippen LogP contribution in [0.2, 0.25) is 0 Å². The molecule has 0 aliphatic heterocycles. The van der Waals surface area contributed by atoms with E-state index in [9.17, 15) is 0 Å². The molecule has 0 aliphatic carbocycles. The SMILES string of the molecule is CNCc1cc(C)ccc1-n1cc(C)cn1. The highest BCUT2D eigenvalue weighted by Crippen LogP contribution is 2.16. The molecule has 0 unspecified atom stereocenters. The van der Waals surface area contributed by atoms with Gasteiger partial charge in [-0.2, -0.15) is 5.10 Å². The Morgan fingerprint density at radius 1 is 1.25 bits per heavy atom. The van der Waals surface area contributed by atoms with Crippen molar-refractivity contribution in [1.29, 1.82) is 0 Å². The van der Waals surface area contributed by atoms with Crippen molar-refractivity contribution in [2.45, 2.75) is 20.4 Å². The van der Waals surface area contributed by atoms with E-state index < -0.39 is 0 Å². The van der Waals surface area contributed by atoms with E-state index >= 15 is 0 Å². The van der Waals surface area contributed by atoms with Gasteiger partial charge in [-0.25, -0.2) is 4.68 Å². The number of benzene rings is 1. The summed E-state index contributed by atoms with van der Waals surface area (Å²) in [5.41, 5.74) is 4.87. The minimum Gasteiger partial charge on any atom is -0.316 e. The first kappa shape index (κ1) is 10.9. The van der Waals surface area contributed by atoms with Gasteiger partial charge in [-0.15, -0.1) is 0 Å². The van der Waals surface area contributed by atoms with Crippen LogP contribution in [0.15, 0.2) is 30.6 Å². The fourth-order valence-corrected chi connectivity index (χ4v) is 1.81. The maximum Gasteiger partial charge on any atom is 0.0690 e. The van der Waals surface area contributed by atoms with Gasteiger partial charge in [0.1, 0.15) is 0 Å². The van der Waals surface area contributed by atoms with E-state index in [0.717, 1.165) is 12.2 Å². The lowest BCUT2D eigenvalue weighted by Gasteiger charge is -2.10. The maximum absolute atomic E-state index is 4.35. The quantitative estimate of drug-likeness (QED) is 0.850. The first-order chi connectivity index (χ1) is 7.70. The molecule has 0 aliphatic rings. The van der Waals surface area contributed by atoms with Crippen LogP contribution < -0.4 is 5.32 Å². The molecule has 0 bridgehead atoms. The zero-order valence-electron chi connectivity index (χ0n) is 9.99. The lowest BCUT2D eigenvalue weighted by molar-refractivity contribution is 0.788. The first-order valence-corrected chi connectivity index (χ1v) is 5.46. The Balaban J connectivity index is 2.47. The molecule has 0 saturated carbocycles. The van der Waals surface area contributed by atoms with E-state index in [1.807, 2.05) is 24.1 Å². The van der Waals surface area contributed by atoms with E-state index in [4.69, 9.17) is 0 Å². The lowest BCUT2D eigenvalue weighted by Crippen LogP contribution is -2.09. The molecule has 1 heterocycles.